The molecule has 0 aliphatic carbocycles. The van der Waals surface area contributed by atoms with Crippen molar-refractivity contribution < 1.29 is 0 Å². The molecule has 0 saturated heterocycles. The lowest BCUT2D eigenvalue weighted by molar-refractivity contribution is 0.382. The Labute approximate surface area is 113 Å². The van der Waals surface area contributed by atoms with Crippen molar-refractivity contribution in [3.05, 3.63) is 17.0 Å². The Morgan fingerprint density at radius 2 is 2.29 bits per heavy atom. The summed E-state index contributed by atoms with van der Waals surface area (Å²) < 4.78 is 1.53. The number of thiophene rings is 1. The second-order valence-corrected chi connectivity index (χ2v) is 7.56. The first-order valence-corrected chi connectivity index (χ1v) is 8.50. The van der Waals surface area contributed by atoms with Gasteiger partial charge in [0.2, 0.25) is 0 Å². The quantitative estimate of drug-likeness (QED) is 0.820. The van der Waals surface area contributed by atoms with Crippen molar-refractivity contribution in [3.8, 4) is 0 Å². The van der Waals surface area contributed by atoms with Gasteiger partial charge in [-0.2, -0.15) is 0 Å². The molecule has 1 nitrogen and oxygen atoms in total. The minimum absolute atomic E-state index is 0.587. The zero-order valence-electron chi connectivity index (χ0n) is 11.0. The molecule has 3 atom stereocenters. The fraction of sp³-hybridized carbons (Fsp3) is 0.714. The first-order valence-electron chi connectivity index (χ1n) is 6.74. The summed E-state index contributed by atoms with van der Waals surface area (Å²) in [5.41, 5.74) is 1.55. The summed E-state index contributed by atoms with van der Waals surface area (Å²) in [7, 11) is 0. The van der Waals surface area contributed by atoms with Crippen molar-refractivity contribution in [1.29, 1.82) is 0 Å². The molecular weight excluding hydrogens is 246 g/mol. The average Bonchev–Trinajstić information content (AvgIpc) is 2.76. The van der Waals surface area contributed by atoms with Gasteiger partial charge in [0, 0.05) is 17.3 Å². The van der Waals surface area contributed by atoms with E-state index in [1.807, 2.05) is 23.1 Å². The van der Waals surface area contributed by atoms with Crippen molar-refractivity contribution in [3.63, 3.8) is 0 Å². The van der Waals surface area contributed by atoms with Crippen LogP contribution < -0.4 is 5.32 Å². The van der Waals surface area contributed by atoms with Crippen LogP contribution in [0.3, 0.4) is 0 Å². The summed E-state index contributed by atoms with van der Waals surface area (Å²) in [5.74, 6) is 0. The molecule has 17 heavy (non-hydrogen) atoms. The van der Waals surface area contributed by atoms with Gasteiger partial charge in [-0.1, -0.05) is 27.2 Å². The highest BCUT2D eigenvalue weighted by Crippen LogP contribution is 2.43. The van der Waals surface area contributed by atoms with E-state index >= 15 is 0 Å². The molecule has 0 saturated carbocycles. The van der Waals surface area contributed by atoms with Gasteiger partial charge in [-0.25, -0.2) is 0 Å². The van der Waals surface area contributed by atoms with Crippen molar-refractivity contribution >= 4 is 23.1 Å². The number of rotatable bonds is 5. The van der Waals surface area contributed by atoms with E-state index in [4.69, 9.17) is 0 Å². The van der Waals surface area contributed by atoms with Crippen molar-refractivity contribution in [2.24, 2.45) is 0 Å². The van der Waals surface area contributed by atoms with E-state index in [0.717, 1.165) is 5.25 Å². The van der Waals surface area contributed by atoms with Crippen molar-refractivity contribution in [2.45, 2.75) is 68.0 Å². The molecule has 0 fully saturated rings. The third-order valence-corrected chi connectivity index (χ3v) is 5.82. The zero-order valence-corrected chi connectivity index (χ0v) is 12.7. The fourth-order valence-corrected chi connectivity index (χ4v) is 5.11. The number of nitrogens with one attached hydrogen (secondary N) is 1. The zero-order chi connectivity index (χ0) is 12.3. The van der Waals surface area contributed by atoms with Crippen molar-refractivity contribution in [2.75, 3.05) is 0 Å². The predicted octanol–water partition coefficient (Wildman–Crippen LogP) is 4.84. The Balaban J connectivity index is 2.06. The molecule has 1 aliphatic heterocycles. The van der Waals surface area contributed by atoms with Crippen LogP contribution in [0.25, 0.3) is 0 Å². The van der Waals surface area contributed by atoms with Crippen LogP contribution in [0.15, 0.2) is 15.7 Å². The Hall–Kier alpha value is 0.0100. The van der Waals surface area contributed by atoms with Gasteiger partial charge in [-0.15, -0.1) is 23.1 Å². The normalized spacial score (nSPS) is 25.6. The van der Waals surface area contributed by atoms with Crippen LogP contribution >= 0.6 is 23.1 Å². The largest absolute Gasteiger partial charge is 0.307 e. The van der Waals surface area contributed by atoms with Crippen LogP contribution in [0, 0.1) is 0 Å². The topological polar surface area (TPSA) is 12.0 Å². The maximum Gasteiger partial charge on any atom is 0.0649 e. The predicted molar refractivity (Wildman–Crippen MR) is 79.1 cm³/mol. The molecule has 1 aliphatic rings. The highest BCUT2D eigenvalue weighted by Gasteiger charge is 2.27. The molecule has 0 amide bonds. The van der Waals surface area contributed by atoms with Gasteiger partial charge < -0.3 is 5.32 Å². The maximum absolute atomic E-state index is 3.87. The van der Waals surface area contributed by atoms with Gasteiger partial charge >= 0.3 is 0 Å². The maximum atomic E-state index is 3.87. The molecule has 0 aromatic carbocycles. The monoisotopic (exact) mass is 269 g/mol. The average molecular weight is 269 g/mol. The van der Waals surface area contributed by atoms with Crippen LogP contribution in [0.5, 0.6) is 0 Å². The number of fused-ring (bicyclic) bond motifs is 1. The highest BCUT2D eigenvalue weighted by molar-refractivity contribution is 8.01. The van der Waals surface area contributed by atoms with Crippen LogP contribution in [0.2, 0.25) is 0 Å². The van der Waals surface area contributed by atoms with Gasteiger partial charge in [0.25, 0.3) is 0 Å². The third-order valence-electron chi connectivity index (χ3n) is 3.48. The summed E-state index contributed by atoms with van der Waals surface area (Å²) in [6, 6.07) is 3.59. The molecule has 2 rings (SSSR count). The van der Waals surface area contributed by atoms with E-state index in [1.165, 1.54) is 29.9 Å². The summed E-state index contributed by atoms with van der Waals surface area (Å²) in [5, 5.41) is 6.86. The Bertz CT molecular complexity index is 348. The smallest absolute Gasteiger partial charge is 0.0649 e. The van der Waals surface area contributed by atoms with E-state index in [1.54, 1.807) is 5.56 Å². The molecule has 3 heteroatoms. The molecule has 0 radical (unpaired) electrons. The van der Waals surface area contributed by atoms with E-state index in [0.29, 0.717) is 12.1 Å². The second-order valence-electron chi connectivity index (χ2n) is 4.94. The second kappa shape index (κ2) is 6.26. The van der Waals surface area contributed by atoms with E-state index in [9.17, 15) is 0 Å². The first kappa shape index (κ1) is 13.4. The van der Waals surface area contributed by atoms with Gasteiger partial charge in [-0.3, -0.25) is 0 Å². The Morgan fingerprint density at radius 1 is 1.47 bits per heavy atom. The lowest BCUT2D eigenvalue weighted by Crippen LogP contribution is -2.34. The summed E-state index contributed by atoms with van der Waals surface area (Å²) in [4.78, 5) is 0. The van der Waals surface area contributed by atoms with Crippen molar-refractivity contribution in [1.82, 2.24) is 5.32 Å². The molecule has 1 N–H and O–H groups in total. The Morgan fingerprint density at radius 3 is 3.00 bits per heavy atom. The van der Waals surface area contributed by atoms with Gasteiger partial charge in [0.1, 0.15) is 0 Å². The number of thioether (sulfide) groups is 1. The highest BCUT2D eigenvalue weighted by atomic mass is 32.2. The summed E-state index contributed by atoms with van der Waals surface area (Å²) >= 11 is 3.95. The van der Waals surface area contributed by atoms with Crippen LogP contribution in [-0.4, -0.2) is 11.3 Å². The van der Waals surface area contributed by atoms with Crippen LogP contribution in [0.4, 0.5) is 0 Å². The molecule has 1 aromatic heterocycles. The molecule has 2 unspecified atom stereocenters. The van der Waals surface area contributed by atoms with E-state index < -0.39 is 0 Å². The summed E-state index contributed by atoms with van der Waals surface area (Å²) in [6.45, 7) is 6.92. The SMILES string of the molecule is CCCC(CC)NC1C[C@H](C)Sc2sccc21. The summed E-state index contributed by atoms with van der Waals surface area (Å²) in [6.07, 6.45) is 5.09. The van der Waals surface area contributed by atoms with E-state index in [-0.39, 0.29) is 0 Å². The van der Waals surface area contributed by atoms with Gasteiger partial charge in [-0.05, 0) is 36.3 Å². The van der Waals surface area contributed by atoms with Crippen LogP contribution in [-0.2, 0) is 0 Å². The molecule has 0 spiro atoms. The molecule has 2 heterocycles. The van der Waals surface area contributed by atoms with E-state index in [2.05, 4.69) is 37.5 Å². The molecule has 0 bridgehead atoms. The van der Waals surface area contributed by atoms with Gasteiger partial charge in [0.05, 0.1) is 4.21 Å². The molecular formula is C14H23NS2. The lowest BCUT2D eigenvalue weighted by Gasteiger charge is -2.31. The fourth-order valence-electron chi connectivity index (χ4n) is 2.55. The third kappa shape index (κ3) is 3.27. The minimum atomic E-state index is 0.587. The lowest BCUT2D eigenvalue weighted by atomic mass is 10.0. The molecule has 96 valence electrons. The molecule has 1 aromatic rings. The van der Waals surface area contributed by atoms with Crippen LogP contribution in [0.1, 0.15) is 58.1 Å². The number of hydrogen-bond donors (Lipinski definition) is 1. The minimum Gasteiger partial charge on any atom is -0.307 e. The first-order chi connectivity index (χ1) is 8.24. The Kier molecular flexibility index (Phi) is 4.95. The number of hydrogen-bond acceptors (Lipinski definition) is 3. The standard InChI is InChI=1S/C14H23NS2/c1-4-6-11(5-2)15-13-9-10(3)17-14-12(13)7-8-16-14/h7-8,10-11,13,15H,4-6,9H2,1-3H3/t10-,11?,13?/m0/s1. The van der Waals surface area contributed by atoms with Gasteiger partial charge in [0.15, 0.2) is 0 Å².